The van der Waals surface area contributed by atoms with E-state index in [0.717, 1.165) is 22.3 Å². The lowest BCUT2D eigenvalue weighted by Gasteiger charge is -2.21. The Morgan fingerprint density at radius 2 is 1.79 bits per heavy atom. The normalized spacial score (nSPS) is 14.2. The second-order valence-electron chi connectivity index (χ2n) is 14.1. The van der Waals surface area contributed by atoms with E-state index >= 15 is 0 Å². The van der Waals surface area contributed by atoms with Gasteiger partial charge in [-0.2, -0.15) is 5.10 Å². The molecule has 0 radical (unpaired) electrons. The van der Waals surface area contributed by atoms with Gasteiger partial charge in [0, 0.05) is 12.6 Å². The van der Waals surface area contributed by atoms with Gasteiger partial charge in [0.2, 0.25) is 0 Å². The van der Waals surface area contributed by atoms with Crippen LogP contribution in [0.1, 0.15) is 97.2 Å². The van der Waals surface area contributed by atoms with E-state index in [9.17, 15) is 24.0 Å². The van der Waals surface area contributed by atoms with Gasteiger partial charge < -0.3 is 30.2 Å². The van der Waals surface area contributed by atoms with Crippen LogP contribution in [-0.2, 0) is 27.2 Å². The molecule has 7 rings (SSSR count). The smallest absolute Gasteiger partial charge is 0.356 e. The van der Waals surface area contributed by atoms with Crippen molar-refractivity contribution in [3.8, 4) is 5.75 Å². The van der Waals surface area contributed by atoms with Gasteiger partial charge in [0.05, 0.1) is 41.3 Å². The second kappa shape index (κ2) is 17.0. The largest absolute Gasteiger partial charge is 0.482 e. The Morgan fingerprint density at radius 3 is 2.51 bits per heavy atom. The Kier molecular flexibility index (Phi) is 12.1. The van der Waals surface area contributed by atoms with E-state index in [4.69, 9.17) is 37.6 Å². The number of hydrogen-bond acceptors (Lipinski definition) is 11. The third-order valence-electron chi connectivity index (χ3n) is 9.03. The number of nitrogens with zero attached hydrogens (tertiary/aromatic N) is 3. The van der Waals surface area contributed by atoms with Crippen LogP contribution in [0.15, 0.2) is 66.9 Å². The molecule has 1 aliphatic carbocycles. The number of halogens is 2. The fraction of sp³-hybridized carbons (Fsp3) is 0.275. The summed E-state index contributed by atoms with van der Waals surface area (Å²) in [5.41, 5.74) is 4.42. The number of para-hydroxylation sites is 1. The number of ether oxygens (including phenoxy) is 3. The van der Waals surface area contributed by atoms with Crippen LogP contribution in [0.5, 0.6) is 5.75 Å². The molecule has 1 aliphatic heterocycles. The van der Waals surface area contributed by atoms with Crippen LogP contribution in [0.4, 0.5) is 11.4 Å². The third-order valence-corrected chi connectivity index (χ3v) is 9.49. The number of benzene rings is 3. The number of anilines is 2. The Hall–Kier alpha value is -6.03. The van der Waals surface area contributed by atoms with E-state index in [-0.39, 0.29) is 41.2 Å². The van der Waals surface area contributed by atoms with Crippen molar-refractivity contribution in [3.63, 3.8) is 0 Å². The maximum absolute atomic E-state index is 13.7. The number of nitrogens with one attached hydrogen (secondary N) is 4. The number of esters is 2. The molecule has 0 spiro atoms. The minimum Gasteiger partial charge on any atom is -0.482 e. The zero-order chi connectivity index (χ0) is 41.0. The monoisotopic (exact) mass is 815 g/mol. The van der Waals surface area contributed by atoms with E-state index in [1.54, 1.807) is 30.3 Å². The number of carbonyl (C=O) groups excluding carboxylic acids is 5. The van der Waals surface area contributed by atoms with Gasteiger partial charge in [0.1, 0.15) is 22.6 Å². The Bertz CT molecular complexity index is 2410. The van der Waals surface area contributed by atoms with Gasteiger partial charge in [-0.15, -0.1) is 0 Å². The number of fused-ring (bicyclic) bond motifs is 3. The molecule has 3 amide bonds. The maximum atomic E-state index is 13.7. The molecular weight excluding hydrogens is 777 g/mol. The minimum absolute atomic E-state index is 0.0118. The van der Waals surface area contributed by atoms with Crippen LogP contribution in [-0.4, -0.2) is 63.6 Å². The fourth-order valence-corrected chi connectivity index (χ4v) is 6.72. The van der Waals surface area contributed by atoms with Gasteiger partial charge in [-0.1, -0.05) is 35.9 Å². The molecule has 2 aromatic heterocycles. The molecule has 3 aromatic carbocycles. The predicted octanol–water partition coefficient (Wildman–Crippen LogP) is 6.36. The van der Waals surface area contributed by atoms with Crippen molar-refractivity contribution in [1.82, 2.24) is 24.8 Å². The zero-order valence-corrected chi connectivity index (χ0v) is 33.1. The average Bonchev–Trinajstić information content (AvgIpc) is 3.79. The summed E-state index contributed by atoms with van der Waals surface area (Å²) in [5.74, 6) is -1.73. The number of rotatable bonds is 8. The molecule has 0 saturated carbocycles. The average molecular weight is 817 g/mol. The summed E-state index contributed by atoms with van der Waals surface area (Å²) in [6, 6.07) is 16.7. The Labute approximate surface area is 337 Å². The molecule has 296 valence electrons. The minimum atomic E-state index is -0.785. The maximum Gasteiger partial charge on any atom is 0.356 e. The van der Waals surface area contributed by atoms with Crippen LogP contribution in [0.2, 0.25) is 5.02 Å². The van der Waals surface area contributed by atoms with E-state index in [1.807, 2.05) is 52.0 Å². The summed E-state index contributed by atoms with van der Waals surface area (Å²) in [4.78, 5) is 69.9. The van der Waals surface area contributed by atoms with Crippen LogP contribution >= 0.6 is 23.4 Å². The molecule has 1 atom stereocenters. The molecule has 0 unspecified atom stereocenters. The van der Waals surface area contributed by atoms with Crippen molar-refractivity contribution < 1.29 is 38.2 Å². The first-order valence-electron chi connectivity index (χ1n) is 17.8. The lowest BCUT2D eigenvalue weighted by Crippen LogP contribution is -2.30. The first kappa shape index (κ1) is 40.6. The second-order valence-corrected chi connectivity index (χ2v) is 14.8. The molecule has 17 heteroatoms. The molecule has 0 bridgehead atoms. The van der Waals surface area contributed by atoms with E-state index in [2.05, 4.69) is 30.9 Å². The third kappa shape index (κ3) is 9.17. The van der Waals surface area contributed by atoms with Gasteiger partial charge in [-0.3, -0.25) is 14.4 Å². The highest BCUT2D eigenvalue weighted by atomic mass is 35.5. The summed E-state index contributed by atoms with van der Waals surface area (Å²) in [6.45, 7) is 7.94. The number of carbonyl (C=O) groups is 5. The summed E-state index contributed by atoms with van der Waals surface area (Å²) >= 11 is 11.6. The molecule has 2 aliphatic rings. The molecule has 57 heavy (non-hydrogen) atoms. The van der Waals surface area contributed by atoms with E-state index < -0.39 is 29.4 Å². The highest BCUT2D eigenvalue weighted by Gasteiger charge is 2.31. The molecule has 3 heterocycles. The standard InChI is InChI=1S/C31H30ClN5O6.C9H9ClN2O2/c1-16-17-12-13-22(19(17)11-10-18(16)29(40)43-31(2,3)4)35-28(39)25-14-24(30(41)42-5)34-26-20(15-33-37(25)26)27(38)36-23-9-7-6-8-21(23)32;10-11-4-6-1-2-8-7(3-6)12-9(13)5-14-8/h6-11,14-15,22H,12-13H2,1-5H3,(H,35,39)(H,36,38);1-3,11H,4-5H2,(H,12,13)/t22-;/m0./s1. The first-order valence-corrected chi connectivity index (χ1v) is 18.5. The zero-order valence-electron chi connectivity index (χ0n) is 31.6. The van der Waals surface area contributed by atoms with Gasteiger partial charge in [-0.05, 0) is 105 Å². The summed E-state index contributed by atoms with van der Waals surface area (Å²) in [5, 5.41) is 13.0. The van der Waals surface area contributed by atoms with Gasteiger partial charge in [0.15, 0.2) is 17.9 Å². The number of amides is 3. The van der Waals surface area contributed by atoms with Crippen molar-refractivity contribution in [3.05, 3.63) is 117 Å². The Balaban J connectivity index is 0.000000328. The SMILES string of the molecule is COC(=O)c1cc(C(=O)N[C@H]2CCc3c2ccc(C(=O)OC(C)(C)C)c3C)n2ncc(C(=O)Nc3ccccc3Cl)c2n1.O=C1COc2ccc(CNCl)cc2N1. The van der Waals surface area contributed by atoms with Crippen molar-refractivity contribution >= 4 is 70.1 Å². The molecule has 0 fully saturated rings. The lowest BCUT2D eigenvalue weighted by atomic mass is 9.97. The van der Waals surface area contributed by atoms with Gasteiger partial charge in [-0.25, -0.2) is 23.9 Å². The number of aromatic nitrogens is 3. The summed E-state index contributed by atoms with van der Waals surface area (Å²) in [6.07, 6.45) is 2.51. The van der Waals surface area contributed by atoms with Crippen LogP contribution in [0.25, 0.3) is 5.65 Å². The van der Waals surface area contributed by atoms with Crippen LogP contribution in [0.3, 0.4) is 0 Å². The lowest BCUT2D eigenvalue weighted by molar-refractivity contribution is -0.118. The summed E-state index contributed by atoms with van der Waals surface area (Å²) < 4.78 is 16.8. The van der Waals surface area contributed by atoms with Gasteiger partial charge >= 0.3 is 11.9 Å². The number of hydrogen-bond donors (Lipinski definition) is 4. The molecule has 0 saturated heterocycles. The molecule has 15 nitrogen and oxygen atoms in total. The van der Waals surface area contributed by atoms with E-state index in [1.165, 1.54) is 23.9 Å². The highest BCUT2D eigenvalue weighted by Crippen LogP contribution is 2.36. The topological polar surface area (TPSA) is 191 Å². The molecule has 4 N–H and O–H groups in total. The molecule has 5 aromatic rings. The number of methoxy groups -OCH3 is 1. The first-order chi connectivity index (χ1) is 27.2. The van der Waals surface area contributed by atoms with Gasteiger partial charge in [0.25, 0.3) is 17.7 Å². The predicted molar refractivity (Wildman–Crippen MR) is 212 cm³/mol. The van der Waals surface area contributed by atoms with Crippen molar-refractivity contribution in [1.29, 1.82) is 0 Å². The van der Waals surface area contributed by atoms with Crippen molar-refractivity contribution in [2.75, 3.05) is 24.4 Å². The van der Waals surface area contributed by atoms with E-state index in [0.29, 0.717) is 47.1 Å². The van der Waals surface area contributed by atoms with Crippen LogP contribution < -0.4 is 25.5 Å². The fourth-order valence-electron chi connectivity index (χ4n) is 6.38. The van der Waals surface area contributed by atoms with Crippen molar-refractivity contribution in [2.45, 2.75) is 58.7 Å². The molecular formula is C40H39Cl2N7O8. The summed E-state index contributed by atoms with van der Waals surface area (Å²) in [7, 11) is 1.19. The Morgan fingerprint density at radius 1 is 1.02 bits per heavy atom. The van der Waals surface area contributed by atoms with Crippen LogP contribution in [0, 0.1) is 6.92 Å². The highest BCUT2D eigenvalue weighted by molar-refractivity contribution is 6.34. The quantitative estimate of drug-likeness (QED) is 0.101. The van der Waals surface area contributed by atoms with Crippen molar-refractivity contribution in [2.24, 2.45) is 0 Å².